The van der Waals surface area contributed by atoms with Crippen molar-refractivity contribution in [1.82, 2.24) is 0 Å². The molecule has 4 N–H and O–H groups in total. The van der Waals surface area contributed by atoms with Crippen molar-refractivity contribution in [2.24, 2.45) is 11.7 Å². The van der Waals surface area contributed by atoms with Crippen LogP contribution in [0.5, 0.6) is 17.2 Å². The molecule has 2 atom stereocenters. The Kier molecular flexibility index (Phi) is 4.01. The molecule has 0 saturated heterocycles. The maximum atomic E-state index is 10.4. The third-order valence-corrected chi connectivity index (χ3v) is 3.47. The third kappa shape index (κ3) is 2.17. The molecular formula is C13H20N2O4. The van der Waals surface area contributed by atoms with Gasteiger partial charge in [-0.2, -0.15) is 0 Å². The van der Waals surface area contributed by atoms with Crippen LogP contribution in [-0.4, -0.2) is 39.5 Å². The molecule has 0 fully saturated rings. The number of benzene rings is 1. The number of nitrogens with one attached hydrogen (secondary N) is 1. The Morgan fingerprint density at radius 2 is 1.95 bits per heavy atom. The number of ether oxygens (including phenoxy) is 3. The van der Waals surface area contributed by atoms with E-state index in [-0.39, 0.29) is 5.92 Å². The van der Waals surface area contributed by atoms with Crippen LogP contribution in [0.1, 0.15) is 11.7 Å². The molecule has 1 aliphatic heterocycles. The summed E-state index contributed by atoms with van der Waals surface area (Å²) >= 11 is 0. The Labute approximate surface area is 112 Å². The lowest BCUT2D eigenvalue weighted by atomic mass is 9.90. The fraction of sp³-hybridized carbons (Fsp3) is 0.538. The van der Waals surface area contributed by atoms with Crippen molar-refractivity contribution < 1.29 is 19.3 Å². The predicted octanol–water partition coefficient (Wildman–Crippen LogP) is 0.746. The highest BCUT2D eigenvalue weighted by molar-refractivity contribution is 5.73. The lowest BCUT2D eigenvalue weighted by Crippen LogP contribution is -2.33. The van der Waals surface area contributed by atoms with Gasteiger partial charge in [-0.1, -0.05) is 0 Å². The van der Waals surface area contributed by atoms with Gasteiger partial charge >= 0.3 is 0 Å². The first kappa shape index (κ1) is 13.8. The zero-order valence-electron chi connectivity index (χ0n) is 11.4. The van der Waals surface area contributed by atoms with Gasteiger partial charge < -0.3 is 30.4 Å². The molecule has 6 nitrogen and oxygen atoms in total. The molecule has 0 aromatic heterocycles. The Hall–Kier alpha value is -1.66. The van der Waals surface area contributed by atoms with E-state index in [2.05, 4.69) is 5.32 Å². The minimum absolute atomic E-state index is 0.0321. The fourth-order valence-corrected chi connectivity index (χ4v) is 2.40. The molecule has 106 valence electrons. The highest BCUT2D eigenvalue weighted by Gasteiger charge is 2.32. The Balaban J connectivity index is 2.59. The van der Waals surface area contributed by atoms with Crippen LogP contribution in [0.2, 0.25) is 0 Å². The number of nitrogens with two attached hydrogens (primary N) is 1. The molecule has 1 aliphatic rings. The summed E-state index contributed by atoms with van der Waals surface area (Å²) in [4.78, 5) is 0. The first-order valence-electron chi connectivity index (χ1n) is 6.12. The Bertz CT molecular complexity index is 464. The number of fused-ring (bicyclic) bond motifs is 1. The zero-order chi connectivity index (χ0) is 14.0. The minimum Gasteiger partial charge on any atom is -0.493 e. The van der Waals surface area contributed by atoms with E-state index < -0.39 is 6.10 Å². The first-order valence-corrected chi connectivity index (χ1v) is 6.12. The number of hydrogen-bond acceptors (Lipinski definition) is 6. The van der Waals surface area contributed by atoms with Gasteiger partial charge in [-0.3, -0.25) is 0 Å². The molecule has 0 radical (unpaired) electrons. The number of aliphatic hydroxyl groups is 1. The topological polar surface area (TPSA) is 86.0 Å². The molecular weight excluding hydrogens is 248 g/mol. The fourth-order valence-electron chi connectivity index (χ4n) is 2.40. The highest BCUT2D eigenvalue weighted by atomic mass is 16.5. The summed E-state index contributed by atoms with van der Waals surface area (Å²) in [5.74, 6) is 1.54. The number of rotatable bonds is 4. The molecule has 0 bridgehead atoms. The monoisotopic (exact) mass is 268 g/mol. The largest absolute Gasteiger partial charge is 0.493 e. The predicted molar refractivity (Wildman–Crippen MR) is 72.1 cm³/mol. The van der Waals surface area contributed by atoms with Gasteiger partial charge in [0.2, 0.25) is 5.75 Å². The summed E-state index contributed by atoms with van der Waals surface area (Å²) < 4.78 is 16.0. The zero-order valence-corrected chi connectivity index (χ0v) is 11.4. The van der Waals surface area contributed by atoms with Gasteiger partial charge in [-0.15, -0.1) is 0 Å². The van der Waals surface area contributed by atoms with Crippen molar-refractivity contribution in [2.75, 3.05) is 39.7 Å². The summed E-state index contributed by atoms with van der Waals surface area (Å²) in [6.07, 6.45) is -0.644. The molecule has 1 heterocycles. The summed E-state index contributed by atoms with van der Waals surface area (Å²) in [6.45, 7) is 1.00. The van der Waals surface area contributed by atoms with Gasteiger partial charge in [0.25, 0.3) is 0 Å². The van der Waals surface area contributed by atoms with Crippen molar-refractivity contribution >= 4 is 5.69 Å². The molecule has 2 unspecified atom stereocenters. The van der Waals surface area contributed by atoms with Crippen LogP contribution in [0.15, 0.2) is 6.07 Å². The molecule has 0 amide bonds. The highest BCUT2D eigenvalue weighted by Crippen LogP contribution is 2.49. The van der Waals surface area contributed by atoms with Gasteiger partial charge in [0.05, 0.1) is 33.1 Å². The lowest BCUT2D eigenvalue weighted by molar-refractivity contribution is 0.113. The average molecular weight is 268 g/mol. The maximum absolute atomic E-state index is 10.4. The first-order chi connectivity index (χ1) is 9.17. The summed E-state index contributed by atoms with van der Waals surface area (Å²) in [5, 5.41) is 13.6. The van der Waals surface area contributed by atoms with Crippen molar-refractivity contribution in [3.8, 4) is 17.2 Å². The summed E-state index contributed by atoms with van der Waals surface area (Å²) in [7, 11) is 4.65. The van der Waals surface area contributed by atoms with E-state index in [0.29, 0.717) is 30.3 Å². The smallest absolute Gasteiger partial charge is 0.205 e. The quantitative estimate of drug-likeness (QED) is 0.747. The molecule has 0 saturated carbocycles. The molecule has 0 spiro atoms. The van der Waals surface area contributed by atoms with Crippen LogP contribution in [0.25, 0.3) is 0 Å². The van der Waals surface area contributed by atoms with Crippen molar-refractivity contribution in [1.29, 1.82) is 0 Å². The average Bonchev–Trinajstić information content (AvgIpc) is 2.45. The van der Waals surface area contributed by atoms with E-state index in [1.165, 1.54) is 0 Å². The molecule has 6 heteroatoms. The maximum Gasteiger partial charge on any atom is 0.205 e. The van der Waals surface area contributed by atoms with Gasteiger partial charge in [0.1, 0.15) is 0 Å². The number of hydrogen-bond donors (Lipinski definition) is 3. The second-order valence-corrected chi connectivity index (χ2v) is 4.43. The molecule has 19 heavy (non-hydrogen) atoms. The van der Waals surface area contributed by atoms with E-state index in [0.717, 1.165) is 11.3 Å². The summed E-state index contributed by atoms with van der Waals surface area (Å²) in [5.41, 5.74) is 7.11. The summed E-state index contributed by atoms with van der Waals surface area (Å²) in [6, 6.07) is 1.76. The third-order valence-electron chi connectivity index (χ3n) is 3.47. The van der Waals surface area contributed by atoms with Crippen LogP contribution in [-0.2, 0) is 0 Å². The minimum atomic E-state index is -0.644. The van der Waals surface area contributed by atoms with Crippen molar-refractivity contribution in [3.05, 3.63) is 11.6 Å². The SMILES string of the molecule is COc1cc2c(c(OC)c1OC)NCC(CN)C2O. The Morgan fingerprint density at radius 3 is 2.47 bits per heavy atom. The van der Waals surface area contributed by atoms with Gasteiger partial charge in [0.15, 0.2) is 11.5 Å². The van der Waals surface area contributed by atoms with Crippen molar-refractivity contribution in [2.45, 2.75) is 6.10 Å². The molecule has 2 rings (SSSR count). The van der Waals surface area contributed by atoms with Crippen LogP contribution < -0.4 is 25.3 Å². The van der Waals surface area contributed by atoms with Crippen LogP contribution >= 0.6 is 0 Å². The van der Waals surface area contributed by atoms with Crippen LogP contribution in [0, 0.1) is 5.92 Å². The number of aliphatic hydroxyl groups excluding tert-OH is 1. The normalized spacial score (nSPS) is 21.3. The van der Waals surface area contributed by atoms with Crippen LogP contribution in [0.3, 0.4) is 0 Å². The molecule has 1 aromatic rings. The standard InChI is InChI=1S/C13H20N2O4/c1-17-9-4-8-10(13(19-3)12(9)18-2)15-6-7(5-14)11(8)16/h4,7,11,15-16H,5-6,14H2,1-3H3. The molecule has 1 aromatic carbocycles. The van der Waals surface area contributed by atoms with Gasteiger partial charge in [0, 0.05) is 18.0 Å². The number of anilines is 1. The van der Waals surface area contributed by atoms with Gasteiger partial charge in [-0.05, 0) is 12.6 Å². The van der Waals surface area contributed by atoms with Crippen LogP contribution in [0.4, 0.5) is 5.69 Å². The molecule has 0 aliphatic carbocycles. The van der Waals surface area contributed by atoms with E-state index in [9.17, 15) is 5.11 Å². The van der Waals surface area contributed by atoms with E-state index in [4.69, 9.17) is 19.9 Å². The van der Waals surface area contributed by atoms with E-state index in [1.807, 2.05) is 0 Å². The van der Waals surface area contributed by atoms with E-state index >= 15 is 0 Å². The second-order valence-electron chi connectivity index (χ2n) is 4.43. The van der Waals surface area contributed by atoms with E-state index in [1.54, 1.807) is 27.4 Å². The number of methoxy groups -OCH3 is 3. The van der Waals surface area contributed by atoms with Gasteiger partial charge in [-0.25, -0.2) is 0 Å². The van der Waals surface area contributed by atoms with Crippen molar-refractivity contribution in [3.63, 3.8) is 0 Å². The lowest BCUT2D eigenvalue weighted by Gasteiger charge is -2.32. The second kappa shape index (κ2) is 5.54. The Morgan fingerprint density at radius 1 is 1.26 bits per heavy atom.